The SMILES string of the molecule is CC(C)(O)[C@@H](O)[C@H]1C[C@@H]([C@H]2CC[C@]3(C)C4=CC[C@@H]5C(C)(C)C(=O)CC[C@]5(C)[C@H]4CC[C@@]23C)[C@H](O)O1. The number of carbonyl (C=O) groups excluding carboxylic acids is 1. The Bertz CT molecular complexity index is 916. The van der Waals surface area contributed by atoms with Crippen LogP contribution in [0.2, 0.25) is 0 Å². The molecule has 0 aromatic rings. The number of fused-ring (bicyclic) bond motifs is 5. The number of hydrogen-bond donors (Lipinski definition) is 3. The number of Topliss-reactive ketones (excluding diaryl/α,β-unsaturated/α-hetero) is 1. The van der Waals surface area contributed by atoms with Crippen LogP contribution in [-0.4, -0.2) is 45.2 Å². The summed E-state index contributed by atoms with van der Waals surface area (Å²) in [5, 5.41) is 31.9. The number of hydrogen-bond acceptors (Lipinski definition) is 5. The highest BCUT2D eigenvalue weighted by molar-refractivity contribution is 5.85. The average Bonchev–Trinajstić information content (AvgIpc) is 3.26. The van der Waals surface area contributed by atoms with E-state index in [1.807, 2.05) is 0 Å². The Morgan fingerprint density at radius 3 is 2.43 bits per heavy atom. The number of ketones is 1. The van der Waals surface area contributed by atoms with Crippen LogP contribution in [0.4, 0.5) is 0 Å². The molecule has 35 heavy (non-hydrogen) atoms. The molecular formula is C30H48O5. The molecule has 4 aliphatic carbocycles. The highest BCUT2D eigenvalue weighted by Gasteiger charge is 2.66. The molecule has 1 heterocycles. The Labute approximate surface area is 211 Å². The van der Waals surface area contributed by atoms with Crippen molar-refractivity contribution in [3.63, 3.8) is 0 Å². The van der Waals surface area contributed by atoms with Crippen molar-refractivity contribution < 1.29 is 24.9 Å². The molecule has 5 heteroatoms. The largest absolute Gasteiger partial charge is 0.388 e. The third-order valence-corrected chi connectivity index (χ3v) is 12.4. The van der Waals surface area contributed by atoms with Crippen molar-refractivity contribution in [2.45, 2.75) is 124 Å². The van der Waals surface area contributed by atoms with Crippen LogP contribution >= 0.6 is 0 Å². The van der Waals surface area contributed by atoms with Gasteiger partial charge in [-0.15, -0.1) is 0 Å². The molecule has 0 radical (unpaired) electrons. The molecule has 5 aliphatic rings. The second-order valence-corrected chi connectivity index (χ2v) is 14.6. The Balaban J connectivity index is 1.44. The summed E-state index contributed by atoms with van der Waals surface area (Å²) in [7, 11) is 0. The first-order chi connectivity index (χ1) is 16.1. The van der Waals surface area contributed by atoms with Gasteiger partial charge in [-0.25, -0.2) is 0 Å². The van der Waals surface area contributed by atoms with Crippen LogP contribution < -0.4 is 0 Å². The zero-order valence-electron chi connectivity index (χ0n) is 22.9. The molecule has 0 aromatic heterocycles. The maximum absolute atomic E-state index is 12.8. The summed E-state index contributed by atoms with van der Waals surface area (Å²) in [4.78, 5) is 12.8. The van der Waals surface area contributed by atoms with E-state index in [1.54, 1.807) is 19.4 Å². The van der Waals surface area contributed by atoms with Gasteiger partial charge in [0.1, 0.15) is 11.9 Å². The second-order valence-electron chi connectivity index (χ2n) is 14.6. The second kappa shape index (κ2) is 7.88. The topological polar surface area (TPSA) is 87.0 Å². The van der Waals surface area contributed by atoms with E-state index in [1.165, 1.54) is 0 Å². The quantitative estimate of drug-likeness (QED) is 0.486. The molecule has 10 atom stereocenters. The summed E-state index contributed by atoms with van der Waals surface area (Å²) >= 11 is 0. The highest BCUT2D eigenvalue weighted by atomic mass is 16.6. The molecule has 0 aromatic carbocycles. The Hall–Kier alpha value is -0.750. The molecule has 0 spiro atoms. The Morgan fingerprint density at radius 1 is 1.09 bits per heavy atom. The lowest BCUT2D eigenvalue weighted by Gasteiger charge is -2.63. The molecule has 4 fully saturated rings. The molecule has 0 amide bonds. The van der Waals surface area contributed by atoms with Crippen LogP contribution in [0.1, 0.15) is 99.8 Å². The van der Waals surface area contributed by atoms with E-state index in [0.29, 0.717) is 36.4 Å². The highest BCUT2D eigenvalue weighted by Crippen LogP contribution is 2.73. The van der Waals surface area contributed by atoms with E-state index in [2.05, 4.69) is 40.7 Å². The smallest absolute Gasteiger partial charge is 0.158 e. The average molecular weight is 489 g/mol. The molecule has 3 N–H and O–H groups in total. The van der Waals surface area contributed by atoms with Crippen molar-refractivity contribution in [3.05, 3.63) is 11.6 Å². The summed E-state index contributed by atoms with van der Waals surface area (Å²) in [5.74, 6) is 1.66. The van der Waals surface area contributed by atoms with Gasteiger partial charge in [0.25, 0.3) is 0 Å². The standard InChI is InChI=1S/C30H48O5/c1-26(2)22-9-8-20-19(28(22,5)13-12-23(26)31)11-15-29(6)18(10-14-30(20,29)7)17-16-21(35-25(17)33)24(32)27(3,4)34/h8,17-19,21-22,24-25,32-34H,9-16H2,1-7H3/t17-,18+,19-,21+,22+,24-,25+,28+,29-,30+/m0/s1. The van der Waals surface area contributed by atoms with Gasteiger partial charge in [-0.05, 0) is 92.8 Å². The lowest BCUT2D eigenvalue weighted by molar-refractivity contribution is -0.172. The van der Waals surface area contributed by atoms with Crippen LogP contribution in [0.25, 0.3) is 0 Å². The van der Waals surface area contributed by atoms with Crippen molar-refractivity contribution in [1.29, 1.82) is 0 Å². The zero-order valence-corrected chi connectivity index (χ0v) is 22.9. The third kappa shape index (κ3) is 3.43. The molecular weight excluding hydrogens is 440 g/mol. The summed E-state index contributed by atoms with van der Waals surface area (Å²) in [5.41, 5.74) is 0.409. The van der Waals surface area contributed by atoms with Gasteiger partial charge in [-0.1, -0.05) is 46.3 Å². The minimum absolute atomic E-state index is 0.0286. The number of rotatable bonds is 3. The maximum atomic E-state index is 12.8. The van der Waals surface area contributed by atoms with Gasteiger partial charge in [0, 0.05) is 17.8 Å². The van der Waals surface area contributed by atoms with Gasteiger partial charge < -0.3 is 20.1 Å². The fourth-order valence-corrected chi connectivity index (χ4v) is 9.98. The van der Waals surface area contributed by atoms with Gasteiger partial charge in [-0.2, -0.15) is 0 Å². The van der Waals surface area contributed by atoms with Crippen LogP contribution in [0.3, 0.4) is 0 Å². The van der Waals surface area contributed by atoms with Crippen molar-refractivity contribution in [2.75, 3.05) is 0 Å². The summed E-state index contributed by atoms with van der Waals surface area (Å²) in [6.45, 7) is 14.9. The number of aliphatic hydroxyl groups excluding tert-OH is 2. The van der Waals surface area contributed by atoms with Gasteiger partial charge in [0.15, 0.2) is 6.29 Å². The van der Waals surface area contributed by atoms with Crippen molar-refractivity contribution in [3.8, 4) is 0 Å². The van der Waals surface area contributed by atoms with Gasteiger partial charge in [0.05, 0.1) is 11.7 Å². The van der Waals surface area contributed by atoms with E-state index in [-0.39, 0.29) is 27.6 Å². The fourth-order valence-electron chi connectivity index (χ4n) is 9.98. The van der Waals surface area contributed by atoms with E-state index in [9.17, 15) is 20.1 Å². The van der Waals surface area contributed by atoms with Crippen molar-refractivity contribution in [1.82, 2.24) is 0 Å². The van der Waals surface area contributed by atoms with E-state index in [0.717, 1.165) is 38.5 Å². The molecule has 0 bridgehead atoms. The van der Waals surface area contributed by atoms with Gasteiger partial charge in [-0.3, -0.25) is 4.79 Å². The number of aliphatic hydroxyl groups is 3. The minimum atomic E-state index is -1.26. The lowest BCUT2D eigenvalue weighted by Crippen LogP contribution is -2.57. The minimum Gasteiger partial charge on any atom is -0.388 e. The first kappa shape index (κ1) is 25.9. The molecule has 5 rings (SSSR count). The predicted octanol–water partition coefficient (Wildman–Crippen LogP) is 5.02. The van der Waals surface area contributed by atoms with E-state index < -0.39 is 24.1 Å². The van der Waals surface area contributed by atoms with Gasteiger partial charge >= 0.3 is 0 Å². The Kier molecular flexibility index (Phi) is 5.83. The number of carbonyl (C=O) groups is 1. The molecule has 1 aliphatic heterocycles. The zero-order chi connectivity index (χ0) is 25.8. The number of allylic oxidation sites excluding steroid dienone is 2. The monoisotopic (exact) mass is 488 g/mol. The summed E-state index contributed by atoms with van der Waals surface area (Å²) in [6.07, 6.45) is 7.78. The maximum Gasteiger partial charge on any atom is 0.158 e. The normalized spacial score (nSPS) is 50.2. The summed E-state index contributed by atoms with van der Waals surface area (Å²) < 4.78 is 5.86. The van der Waals surface area contributed by atoms with Crippen LogP contribution in [-0.2, 0) is 9.53 Å². The van der Waals surface area contributed by atoms with Crippen LogP contribution in [0.5, 0.6) is 0 Å². The third-order valence-electron chi connectivity index (χ3n) is 12.4. The van der Waals surface area contributed by atoms with Crippen LogP contribution in [0.15, 0.2) is 11.6 Å². The fraction of sp³-hybridized carbons (Fsp3) is 0.900. The van der Waals surface area contributed by atoms with Crippen LogP contribution in [0, 0.1) is 45.3 Å². The predicted molar refractivity (Wildman–Crippen MR) is 135 cm³/mol. The molecule has 5 nitrogen and oxygen atoms in total. The van der Waals surface area contributed by atoms with Gasteiger partial charge in [0.2, 0.25) is 0 Å². The first-order valence-corrected chi connectivity index (χ1v) is 14.0. The molecule has 3 saturated carbocycles. The number of ether oxygens (including phenoxy) is 1. The molecule has 198 valence electrons. The lowest BCUT2D eigenvalue weighted by atomic mass is 9.41. The Morgan fingerprint density at radius 2 is 1.77 bits per heavy atom. The first-order valence-electron chi connectivity index (χ1n) is 14.0. The van der Waals surface area contributed by atoms with Crippen molar-refractivity contribution in [2.24, 2.45) is 45.3 Å². The van der Waals surface area contributed by atoms with E-state index in [4.69, 9.17) is 4.74 Å². The summed E-state index contributed by atoms with van der Waals surface area (Å²) in [6, 6.07) is 0. The van der Waals surface area contributed by atoms with Crippen molar-refractivity contribution >= 4 is 5.78 Å². The molecule has 0 unspecified atom stereocenters. The molecule has 1 saturated heterocycles. The van der Waals surface area contributed by atoms with E-state index >= 15 is 0 Å².